The second-order valence-corrected chi connectivity index (χ2v) is 8.23. The number of benzene rings is 2. The highest BCUT2D eigenvalue weighted by Gasteiger charge is 2.40. The number of carbonyl (C=O) groups is 3. The minimum absolute atomic E-state index is 0.0733. The first-order valence-corrected chi connectivity index (χ1v) is 11.0. The van der Waals surface area contributed by atoms with Gasteiger partial charge in [0.15, 0.2) is 25.5 Å². The number of rotatable bonds is 9. The number of carbonyl (C=O) groups excluding carboxylic acids is 3. The summed E-state index contributed by atoms with van der Waals surface area (Å²) in [5.41, 5.74) is 5.98. The molecule has 2 aromatic rings. The van der Waals surface area contributed by atoms with Crippen molar-refractivity contribution in [2.45, 2.75) is 45.0 Å². The summed E-state index contributed by atoms with van der Waals surface area (Å²) in [7, 11) is 1.76. The van der Waals surface area contributed by atoms with Crippen molar-refractivity contribution in [2.24, 2.45) is 10.7 Å². The Bertz CT molecular complexity index is 1190. The van der Waals surface area contributed by atoms with Gasteiger partial charge < -0.3 is 24.7 Å². The lowest BCUT2D eigenvalue weighted by Crippen LogP contribution is -2.45. The van der Waals surface area contributed by atoms with Crippen LogP contribution in [0.1, 0.15) is 41.4 Å². The van der Waals surface area contributed by atoms with E-state index in [0.29, 0.717) is 0 Å². The number of primary amides is 1. The van der Waals surface area contributed by atoms with Crippen LogP contribution < -0.4 is 10.5 Å². The highest BCUT2D eigenvalue weighted by Crippen LogP contribution is 2.32. The summed E-state index contributed by atoms with van der Waals surface area (Å²) in [6.45, 7) is 3.74. The maximum atomic E-state index is 15.0. The van der Waals surface area contributed by atoms with E-state index < -0.39 is 71.7 Å². The summed E-state index contributed by atoms with van der Waals surface area (Å²) in [6, 6.07) is 8.36. The highest BCUT2D eigenvalue weighted by molar-refractivity contribution is 6.13. The van der Waals surface area contributed by atoms with Crippen LogP contribution in [0.15, 0.2) is 41.4 Å². The minimum atomic E-state index is -1.42. The van der Waals surface area contributed by atoms with Gasteiger partial charge in [0, 0.05) is 13.8 Å². The zero-order valence-electron chi connectivity index (χ0n) is 20.1. The van der Waals surface area contributed by atoms with Crippen LogP contribution >= 0.6 is 0 Å². The molecule has 36 heavy (non-hydrogen) atoms. The zero-order chi connectivity index (χ0) is 26.6. The molecule has 0 saturated heterocycles. The first-order valence-electron chi connectivity index (χ1n) is 11.0. The van der Waals surface area contributed by atoms with Crippen molar-refractivity contribution in [2.75, 3.05) is 6.61 Å². The van der Waals surface area contributed by atoms with Gasteiger partial charge in [-0.3, -0.25) is 14.4 Å². The molecule has 0 bridgehead atoms. The van der Waals surface area contributed by atoms with Crippen LogP contribution in [0.3, 0.4) is 0 Å². The summed E-state index contributed by atoms with van der Waals surface area (Å²) >= 11 is 0. The van der Waals surface area contributed by atoms with Crippen LogP contribution in [0.4, 0.5) is 8.78 Å². The molecule has 4 unspecified atom stereocenters. The molecule has 1 heterocycles. The van der Waals surface area contributed by atoms with Crippen molar-refractivity contribution in [3.05, 3.63) is 64.7 Å². The molecule has 2 aromatic carbocycles. The molecule has 12 heteroatoms. The lowest BCUT2D eigenvalue weighted by molar-refractivity contribution is -0.160. The van der Waals surface area contributed by atoms with Crippen molar-refractivity contribution in [1.82, 2.24) is 0 Å². The lowest BCUT2D eigenvalue weighted by atomic mass is 9.88. The summed E-state index contributed by atoms with van der Waals surface area (Å²) in [6.07, 6.45) is -2.75. The largest absolute Gasteiger partial charge is 0.482 e. The number of nitrogens with two attached hydrogens (primary N) is 1. The second-order valence-electron chi connectivity index (χ2n) is 8.23. The van der Waals surface area contributed by atoms with Gasteiger partial charge >= 0.3 is 11.9 Å². The van der Waals surface area contributed by atoms with E-state index in [2.05, 4.69) is 4.99 Å². The Hall–Kier alpha value is -3.96. The number of aryl methyl sites for hydroxylation is 1. The molecule has 4 atom stereocenters. The number of hydrogen-bond donors (Lipinski definition) is 1. The molecule has 190 valence electrons. The average molecular weight is 502 g/mol. The van der Waals surface area contributed by atoms with Crippen molar-refractivity contribution in [3.63, 3.8) is 0 Å². The van der Waals surface area contributed by atoms with E-state index >= 15 is 0 Å². The maximum Gasteiger partial charge on any atom is 0.303 e. The smallest absolute Gasteiger partial charge is 0.303 e. The molecule has 1 aliphatic rings. The SMILES string of the molecule is BC1OC(C(Oc2ccc(F)c(C(N)=O)c2F)C(COC(C)=O)OC(C)=O)=NC1c1ccc(C)cc1. The summed E-state index contributed by atoms with van der Waals surface area (Å²) in [5.74, 6) is -5.95. The van der Waals surface area contributed by atoms with Crippen LogP contribution in [0.2, 0.25) is 0 Å². The van der Waals surface area contributed by atoms with E-state index in [1.807, 2.05) is 31.2 Å². The molecular formula is C24H25BF2N2O7. The van der Waals surface area contributed by atoms with E-state index in [0.717, 1.165) is 37.1 Å². The number of esters is 2. The summed E-state index contributed by atoms with van der Waals surface area (Å²) in [4.78, 5) is 39.4. The Morgan fingerprint density at radius 3 is 2.36 bits per heavy atom. The second kappa shape index (κ2) is 11.2. The third-order valence-corrected chi connectivity index (χ3v) is 5.34. The van der Waals surface area contributed by atoms with Crippen LogP contribution in [0, 0.1) is 18.6 Å². The van der Waals surface area contributed by atoms with Crippen molar-refractivity contribution in [1.29, 1.82) is 0 Å². The quantitative estimate of drug-likeness (QED) is 0.409. The van der Waals surface area contributed by atoms with Crippen molar-refractivity contribution in [3.8, 4) is 5.75 Å². The van der Waals surface area contributed by atoms with Gasteiger partial charge in [-0.05, 0) is 24.6 Å². The van der Waals surface area contributed by atoms with Gasteiger partial charge in [-0.2, -0.15) is 0 Å². The van der Waals surface area contributed by atoms with Crippen LogP contribution in [0.5, 0.6) is 5.75 Å². The third kappa shape index (κ3) is 6.18. The number of amides is 1. The van der Waals surface area contributed by atoms with E-state index in [1.54, 1.807) is 7.85 Å². The van der Waals surface area contributed by atoms with Gasteiger partial charge in [-0.15, -0.1) is 0 Å². The summed E-state index contributed by atoms with van der Waals surface area (Å²) < 4.78 is 51.0. The highest BCUT2D eigenvalue weighted by atomic mass is 19.1. The molecule has 0 spiro atoms. The molecule has 0 saturated carbocycles. The molecule has 9 nitrogen and oxygen atoms in total. The van der Waals surface area contributed by atoms with Gasteiger partial charge in [0.25, 0.3) is 5.91 Å². The normalized spacial score (nSPS) is 18.4. The number of hydrogen-bond acceptors (Lipinski definition) is 8. The van der Waals surface area contributed by atoms with E-state index in [-0.39, 0.29) is 5.90 Å². The molecule has 0 aromatic heterocycles. The standard InChI is InChI=1S/C24H25BF2N2O7/c1-11-4-6-14(7-5-11)20-22(25)36-24(29-20)21(17(34-13(3)31)10-33-12(2)30)35-16-9-8-15(26)18(19(16)27)23(28)32/h4-9,17,20-22H,10,25H2,1-3H3,(H2,28,32). The number of nitrogens with zero attached hydrogens (tertiary/aromatic N) is 1. The predicted molar refractivity (Wildman–Crippen MR) is 126 cm³/mol. The summed E-state index contributed by atoms with van der Waals surface area (Å²) in [5, 5.41) is 0. The molecule has 3 rings (SSSR count). The minimum Gasteiger partial charge on any atom is -0.482 e. The Morgan fingerprint density at radius 1 is 1.11 bits per heavy atom. The third-order valence-electron chi connectivity index (χ3n) is 5.34. The zero-order valence-corrected chi connectivity index (χ0v) is 20.1. The molecule has 0 radical (unpaired) electrons. The van der Waals surface area contributed by atoms with Crippen LogP contribution in [-0.2, 0) is 23.8 Å². The monoisotopic (exact) mass is 502 g/mol. The Kier molecular flexibility index (Phi) is 8.28. The van der Waals surface area contributed by atoms with E-state index in [4.69, 9.17) is 24.7 Å². The first kappa shape index (κ1) is 26.6. The average Bonchev–Trinajstić information content (AvgIpc) is 3.17. The fraction of sp³-hybridized carbons (Fsp3) is 0.333. The molecule has 2 N–H and O–H groups in total. The number of aliphatic imine (C=N–C) groups is 1. The number of ether oxygens (including phenoxy) is 4. The molecule has 1 aliphatic heterocycles. The van der Waals surface area contributed by atoms with E-state index in [1.165, 1.54) is 0 Å². The van der Waals surface area contributed by atoms with Crippen LogP contribution in [0.25, 0.3) is 0 Å². The van der Waals surface area contributed by atoms with Gasteiger partial charge in [0.2, 0.25) is 12.0 Å². The fourth-order valence-electron chi connectivity index (χ4n) is 3.65. The van der Waals surface area contributed by atoms with Gasteiger partial charge in [0.1, 0.15) is 24.0 Å². The van der Waals surface area contributed by atoms with E-state index in [9.17, 15) is 23.2 Å². The Morgan fingerprint density at radius 2 is 1.78 bits per heavy atom. The Labute approximate surface area is 207 Å². The molecular weight excluding hydrogens is 477 g/mol. The predicted octanol–water partition coefficient (Wildman–Crippen LogP) is 1.74. The maximum absolute atomic E-state index is 15.0. The van der Waals surface area contributed by atoms with Gasteiger partial charge in [-0.25, -0.2) is 13.8 Å². The molecule has 0 fully saturated rings. The molecule has 0 aliphatic carbocycles. The Balaban J connectivity index is 2.05. The topological polar surface area (TPSA) is 127 Å². The van der Waals surface area contributed by atoms with Crippen molar-refractivity contribution >= 4 is 31.6 Å². The van der Waals surface area contributed by atoms with Crippen molar-refractivity contribution < 1.29 is 42.1 Å². The molecule has 1 amide bonds. The van der Waals surface area contributed by atoms with Gasteiger partial charge in [0.05, 0.1) is 6.00 Å². The number of halogens is 2. The van der Waals surface area contributed by atoms with Crippen LogP contribution in [-0.4, -0.2) is 56.4 Å². The lowest BCUT2D eigenvalue weighted by Gasteiger charge is -2.27. The van der Waals surface area contributed by atoms with Gasteiger partial charge in [-0.1, -0.05) is 29.8 Å². The fourth-order valence-corrected chi connectivity index (χ4v) is 3.65. The first-order chi connectivity index (χ1) is 17.0.